The zero-order valence-electron chi connectivity index (χ0n) is 9.96. The van der Waals surface area contributed by atoms with E-state index in [1.54, 1.807) is 12.1 Å². The maximum absolute atomic E-state index is 12.1. The van der Waals surface area contributed by atoms with Gasteiger partial charge in [-0.1, -0.05) is 0 Å². The molecule has 0 amide bonds. The predicted molar refractivity (Wildman–Crippen MR) is 69.4 cm³/mol. The summed E-state index contributed by atoms with van der Waals surface area (Å²) in [7, 11) is 1.05. The fraction of sp³-hybridized carbons (Fsp3) is 0.500. The van der Waals surface area contributed by atoms with Crippen LogP contribution in [0.1, 0.15) is 0 Å². The molecule has 0 bridgehead atoms. The van der Waals surface area contributed by atoms with Gasteiger partial charge < -0.3 is 15.4 Å². The first-order chi connectivity index (χ1) is 8.15. The van der Waals surface area contributed by atoms with Crippen molar-refractivity contribution in [1.29, 1.82) is 0 Å². The van der Waals surface area contributed by atoms with Crippen LogP contribution >= 0.6 is 0 Å². The molecule has 0 aromatic heterocycles. The largest absolute Gasteiger partial charge is 0.399 e. The summed E-state index contributed by atoms with van der Waals surface area (Å²) in [6.07, 6.45) is 0.0622. The van der Waals surface area contributed by atoms with E-state index >= 15 is 0 Å². The van der Waals surface area contributed by atoms with Gasteiger partial charge in [0.2, 0.25) is 0 Å². The van der Waals surface area contributed by atoms with Crippen LogP contribution in [0.25, 0.3) is 0 Å². The molecule has 0 aliphatic carbocycles. The SMILES string of the molecule is CN1CCOC(CS(=O)c2ccc(N)cc2)C1. The molecule has 1 aromatic rings. The Morgan fingerprint density at radius 2 is 2.18 bits per heavy atom. The first-order valence-electron chi connectivity index (χ1n) is 5.69. The van der Waals surface area contributed by atoms with Gasteiger partial charge in [-0.15, -0.1) is 0 Å². The molecule has 1 aliphatic heterocycles. The highest BCUT2D eigenvalue weighted by Gasteiger charge is 2.20. The number of nitrogen functional groups attached to an aromatic ring is 1. The molecule has 2 N–H and O–H groups in total. The fourth-order valence-electron chi connectivity index (χ4n) is 1.85. The number of nitrogens with two attached hydrogens (primary N) is 1. The number of hydrogen-bond acceptors (Lipinski definition) is 4. The van der Waals surface area contributed by atoms with Gasteiger partial charge in [0.1, 0.15) is 0 Å². The zero-order valence-corrected chi connectivity index (χ0v) is 10.8. The third-order valence-corrected chi connectivity index (χ3v) is 4.29. The number of hydrogen-bond donors (Lipinski definition) is 1. The van der Waals surface area contributed by atoms with Gasteiger partial charge in [0.05, 0.1) is 29.3 Å². The lowest BCUT2D eigenvalue weighted by molar-refractivity contribution is -0.00640. The predicted octanol–water partition coefficient (Wildman–Crippen LogP) is 0.707. The Bertz CT molecular complexity index is 394. The van der Waals surface area contributed by atoms with Gasteiger partial charge in [-0.25, -0.2) is 0 Å². The molecule has 2 atom stereocenters. The Morgan fingerprint density at radius 3 is 2.82 bits per heavy atom. The standard InChI is InChI=1S/C12H18N2O2S/c1-14-6-7-16-11(8-14)9-17(15)12-4-2-10(13)3-5-12/h2-5,11H,6-9,13H2,1H3. The molecule has 17 heavy (non-hydrogen) atoms. The molecular weight excluding hydrogens is 236 g/mol. The number of likely N-dealkylation sites (N-methyl/N-ethyl adjacent to an activating group) is 1. The second kappa shape index (κ2) is 5.62. The summed E-state index contributed by atoms with van der Waals surface area (Å²) in [5.74, 6) is 0.550. The third kappa shape index (κ3) is 3.52. The zero-order chi connectivity index (χ0) is 12.3. The topological polar surface area (TPSA) is 55.6 Å². The maximum Gasteiger partial charge on any atom is 0.0821 e. The molecule has 0 spiro atoms. The van der Waals surface area contributed by atoms with Crippen LogP contribution in [0, 0.1) is 0 Å². The van der Waals surface area contributed by atoms with Gasteiger partial charge in [0.25, 0.3) is 0 Å². The van der Waals surface area contributed by atoms with Crippen LogP contribution in [-0.2, 0) is 15.5 Å². The van der Waals surface area contributed by atoms with Gasteiger partial charge in [0, 0.05) is 23.7 Å². The Morgan fingerprint density at radius 1 is 1.47 bits per heavy atom. The highest BCUT2D eigenvalue weighted by atomic mass is 32.2. The Labute approximate surface area is 104 Å². The quantitative estimate of drug-likeness (QED) is 0.807. The van der Waals surface area contributed by atoms with Crippen molar-refractivity contribution in [1.82, 2.24) is 4.90 Å². The summed E-state index contributed by atoms with van der Waals surface area (Å²) < 4.78 is 17.7. The lowest BCUT2D eigenvalue weighted by atomic mass is 10.3. The number of morpholine rings is 1. The lowest BCUT2D eigenvalue weighted by Crippen LogP contribution is -2.42. The van der Waals surface area contributed by atoms with Gasteiger partial charge in [-0.05, 0) is 31.3 Å². The molecule has 2 unspecified atom stereocenters. The van der Waals surface area contributed by atoms with E-state index < -0.39 is 10.8 Å². The molecule has 0 saturated carbocycles. The van der Waals surface area contributed by atoms with E-state index in [0.29, 0.717) is 11.4 Å². The van der Waals surface area contributed by atoms with Gasteiger partial charge in [-0.2, -0.15) is 0 Å². The van der Waals surface area contributed by atoms with Crippen molar-refractivity contribution in [3.8, 4) is 0 Å². The van der Waals surface area contributed by atoms with Gasteiger partial charge in [-0.3, -0.25) is 4.21 Å². The summed E-state index contributed by atoms with van der Waals surface area (Å²) in [4.78, 5) is 3.02. The van der Waals surface area contributed by atoms with E-state index in [1.807, 2.05) is 12.1 Å². The third-order valence-electron chi connectivity index (χ3n) is 2.82. The normalized spacial score (nSPS) is 23.5. The Hall–Kier alpha value is -0.910. The minimum atomic E-state index is -1.01. The lowest BCUT2D eigenvalue weighted by Gasteiger charge is -2.29. The smallest absolute Gasteiger partial charge is 0.0821 e. The maximum atomic E-state index is 12.1. The first-order valence-corrected chi connectivity index (χ1v) is 7.01. The van der Waals surface area contributed by atoms with Crippen LogP contribution in [0.15, 0.2) is 29.2 Å². The highest BCUT2D eigenvalue weighted by molar-refractivity contribution is 7.85. The second-order valence-electron chi connectivity index (χ2n) is 4.34. The number of nitrogens with zero attached hydrogens (tertiary/aromatic N) is 1. The van der Waals surface area contributed by atoms with Gasteiger partial charge in [0.15, 0.2) is 0 Å². The molecule has 1 aliphatic rings. The van der Waals surface area contributed by atoms with Crippen molar-refractivity contribution in [3.63, 3.8) is 0 Å². The van der Waals surface area contributed by atoms with E-state index in [1.165, 1.54) is 0 Å². The highest BCUT2D eigenvalue weighted by Crippen LogP contribution is 2.13. The van der Waals surface area contributed by atoms with Crippen molar-refractivity contribution in [2.75, 3.05) is 38.2 Å². The van der Waals surface area contributed by atoms with Crippen molar-refractivity contribution in [2.24, 2.45) is 0 Å². The number of rotatable bonds is 3. The minimum absolute atomic E-state index is 0.0622. The van der Waals surface area contributed by atoms with Gasteiger partial charge >= 0.3 is 0 Å². The summed E-state index contributed by atoms with van der Waals surface area (Å²) in [5, 5.41) is 0. The van der Waals surface area contributed by atoms with Crippen molar-refractivity contribution < 1.29 is 8.95 Å². The van der Waals surface area contributed by atoms with Crippen LogP contribution in [-0.4, -0.2) is 47.7 Å². The minimum Gasteiger partial charge on any atom is -0.399 e. The molecule has 2 rings (SSSR count). The Kier molecular flexibility index (Phi) is 4.15. The Balaban J connectivity index is 1.94. The van der Waals surface area contributed by atoms with E-state index in [2.05, 4.69) is 11.9 Å². The first kappa shape index (κ1) is 12.5. The van der Waals surface area contributed by atoms with Crippen LogP contribution in [0.3, 0.4) is 0 Å². The molecule has 0 radical (unpaired) electrons. The molecule has 5 heteroatoms. The number of benzene rings is 1. The summed E-state index contributed by atoms with van der Waals surface area (Å²) >= 11 is 0. The van der Waals surface area contributed by atoms with Crippen molar-refractivity contribution >= 4 is 16.5 Å². The second-order valence-corrected chi connectivity index (χ2v) is 5.83. The van der Waals surface area contributed by atoms with Crippen LogP contribution < -0.4 is 5.73 Å². The molecule has 1 saturated heterocycles. The van der Waals surface area contributed by atoms with E-state index in [4.69, 9.17) is 10.5 Å². The van der Waals surface area contributed by atoms with Crippen LogP contribution in [0.5, 0.6) is 0 Å². The van der Waals surface area contributed by atoms with E-state index in [0.717, 1.165) is 24.6 Å². The van der Waals surface area contributed by atoms with Crippen molar-refractivity contribution in [2.45, 2.75) is 11.0 Å². The molecule has 4 nitrogen and oxygen atoms in total. The average molecular weight is 254 g/mol. The van der Waals surface area contributed by atoms with E-state index in [-0.39, 0.29) is 6.10 Å². The average Bonchev–Trinajstić information content (AvgIpc) is 2.29. The molecule has 94 valence electrons. The monoisotopic (exact) mass is 254 g/mol. The molecule has 1 aromatic carbocycles. The van der Waals surface area contributed by atoms with Crippen molar-refractivity contribution in [3.05, 3.63) is 24.3 Å². The molecule has 1 fully saturated rings. The van der Waals surface area contributed by atoms with Crippen LogP contribution in [0.4, 0.5) is 5.69 Å². The molecular formula is C12H18N2O2S. The fourth-order valence-corrected chi connectivity index (χ4v) is 3.02. The van der Waals surface area contributed by atoms with E-state index in [9.17, 15) is 4.21 Å². The number of ether oxygens (including phenoxy) is 1. The van der Waals surface area contributed by atoms with Crippen LogP contribution in [0.2, 0.25) is 0 Å². The summed E-state index contributed by atoms with van der Waals surface area (Å²) in [5.41, 5.74) is 6.29. The summed E-state index contributed by atoms with van der Waals surface area (Å²) in [6.45, 7) is 2.52. The molecule has 1 heterocycles. The summed E-state index contributed by atoms with van der Waals surface area (Å²) in [6, 6.07) is 7.19. The number of anilines is 1.